The van der Waals surface area contributed by atoms with Gasteiger partial charge in [0, 0.05) is 19.2 Å². The zero-order valence-corrected chi connectivity index (χ0v) is 22.1. The van der Waals surface area contributed by atoms with Crippen LogP contribution in [0.15, 0.2) is 42.5 Å². The number of hydrogen-bond donors (Lipinski definition) is 1. The number of unbranched alkanes of at least 4 members (excludes halogenated alkanes) is 1. The number of nitrogens with zero attached hydrogens (tertiary/aromatic N) is 2. The number of sulfonamides is 1. The van der Waals surface area contributed by atoms with Crippen molar-refractivity contribution < 1.29 is 27.5 Å². The lowest BCUT2D eigenvalue weighted by Crippen LogP contribution is -2.51. The van der Waals surface area contributed by atoms with Gasteiger partial charge in [-0.25, -0.2) is 8.42 Å². The summed E-state index contributed by atoms with van der Waals surface area (Å²) in [6.07, 6.45) is 1.76. The summed E-state index contributed by atoms with van der Waals surface area (Å²) in [4.78, 5) is 28.0. The quantitative estimate of drug-likeness (QED) is 0.434. The molecule has 0 radical (unpaired) electrons. The Morgan fingerprint density at radius 2 is 1.81 bits per heavy atom. The molecule has 10 heteroatoms. The second kappa shape index (κ2) is 12.1. The minimum Gasteiger partial charge on any atom is -0.454 e. The Bertz CT molecular complexity index is 1180. The average molecular weight is 518 g/mol. The third kappa shape index (κ3) is 6.48. The van der Waals surface area contributed by atoms with Crippen molar-refractivity contribution in [2.75, 3.05) is 29.9 Å². The van der Waals surface area contributed by atoms with Crippen LogP contribution in [-0.4, -0.2) is 56.8 Å². The molecule has 2 amide bonds. The lowest BCUT2D eigenvalue weighted by atomic mass is 10.1. The zero-order valence-electron chi connectivity index (χ0n) is 21.3. The molecule has 3 rings (SSSR count). The predicted octanol–water partition coefficient (Wildman–Crippen LogP) is 3.21. The molecule has 1 N–H and O–H groups in total. The van der Waals surface area contributed by atoms with E-state index in [0.29, 0.717) is 23.7 Å². The maximum absolute atomic E-state index is 13.7. The van der Waals surface area contributed by atoms with Crippen molar-refractivity contribution in [1.29, 1.82) is 0 Å². The molecule has 0 bridgehead atoms. The van der Waals surface area contributed by atoms with Crippen molar-refractivity contribution in [3.8, 4) is 11.5 Å². The maximum atomic E-state index is 13.7. The molecule has 0 saturated heterocycles. The van der Waals surface area contributed by atoms with Crippen LogP contribution in [0.25, 0.3) is 0 Å². The molecule has 1 heterocycles. The second-order valence-electron chi connectivity index (χ2n) is 8.71. The summed E-state index contributed by atoms with van der Waals surface area (Å²) in [5.74, 6) is -0.0295. The predicted molar refractivity (Wildman–Crippen MR) is 138 cm³/mol. The van der Waals surface area contributed by atoms with E-state index in [4.69, 9.17) is 9.47 Å². The second-order valence-corrected chi connectivity index (χ2v) is 10.9. The van der Waals surface area contributed by atoms with Crippen LogP contribution < -0.4 is 19.1 Å². The van der Waals surface area contributed by atoms with Crippen LogP contribution in [0, 0.1) is 6.92 Å². The van der Waals surface area contributed by atoms with Crippen LogP contribution in [0.2, 0.25) is 0 Å². The Kier molecular flexibility index (Phi) is 9.19. The van der Waals surface area contributed by atoms with Gasteiger partial charge in [-0.1, -0.05) is 37.6 Å². The molecule has 1 aliphatic heterocycles. The molecule has 1 unspecified atom stereocenters. The Morgan fingerprint density at radius 3 is 2.50 bits per heavy atom. The van der Waals surface area contributed by atoms with Crippen LogP contribution in [0.4, 0.5) is 5.69 Å². The Morgan fingerprint density at radius 1 is 1.08 bits per heavy atom. The highest BCUT2D eigenvalue weighted by atomic mass is 32.2. The van der Waals surface area contributed by atoms with Crippen molar-refractivity contribution in [2.45, 2.75) is 53.1 Å². The summed E-state index contributed by atoms with van der Waals surface area (Å²) in [5.41, 5.74) is 2.15. The molecule has 0 fully saturated rings. The van der Waals surface area contributed by atoms with Gasteiger partial charge >= 0.3 is 0 Å². The molecular formula is C26H35N3O6S. The molecule has 2 aromatic rings. The number of hydrogen-bond acceptors (Lipinski definition) is 6. The van der Waals surface area contributed by atoms with Gasteiger partial charge in [0.2, 0.25) is 28.6 Å². The molecule has 2 aromatic carbocycles. The molecule has 36 heavy (non-hydrogen) atoms. The lowest BCUT2D eigenvalue weighted by molar-refractivity contribution is -0.139. The van der Waals surface area contributed by atoms with Crippen molar-refractivity contribution in [3.05, 3.63) is 53.6 Å². The van der Waals surface area contributed by atoms with Crippen molar-refractivity contribution >= 4 is 27.5 Å². The minimum absolute atomic E-state index is 0.0487. The SMILES string of the molecule is CCCCNC(=O)C(C)N(Cc1ccccc1C)C(=O)CN(c1ccc2c(c1)OCO2)S(=O)(=O)CC. The van der Waals surface area contributed by atoms with Crippen molar-refractivity contribution in [2.24, 2.45) is 0 Å². The fourth-order valence-electron chi connectivity index (χ4n) is 3.85. The largest absolute Gasteiger partial charge is 0.454 e. The van der Waals surface area contributed by atoms with Gasteiger partial charge in [0.15, 0.2) is 11.5 Å². The van der Waals surface area contributed by atoms with E-state index >= 15 is 0 Å². The first kappa shape index (κ1) is 27.3. The number of nitrogens with one attached hydrogen (secondary N) is 1. The fraction of sp³-hybridized carbons (Fsp3) is 0.462. The molecule has 0 spiro atoms. The highest BCUT2D eigenvalue weighted by Gasteiger charge is 2.31. The average Bonchev–Trinajstić information content (AvgIpc) is 3.34. The maximum Gasteiger partial charge on any atom is 0.244 e. The van der Waals surface area contributed by atoms with E-state index in [-0.39, 0.29) is 25.0 Å². The Hall–Kier alpha value is -3.27. The first-order chi connectivity index (χ1) is 17.2. The summed E-state index contributed by atoms with van der Waals surface area (Å²) in [6, 6.07) is 11.6. The number of ether oxygens (including phenoxy) is 2. The molecule has 1 atom stereocenters. The fourth-order valence-corrected chi connectivity index (χ4v) is 4.90. The zero-order chi connectivity index (χ0) is 26.3. The minimum atomic E-state index is -3.81. The van der Waals surface area contributed by atoms with E-state index in [2.05, 4.69) is 5.32 Å². The molecule has 0 saturated carbocycles. The Balaban J connectivity index is 1.92. The van der Waals surface area contributed by atoms with Gasteiger partial charge in [-0.3, -0.25) is 13.9 Å². The van der Waals surface area contributed by atoms with Crippen molar-refractivity contribution in [1.82, 2.24) is 10.2 Å². The third-order valence-corrected chi connectivity index (χ3v) is 7.96. The highest BCUT2D eigenvalue weighted by Crippen LogP contribution is 2.36. The van der Waals surface area contributed by atoms with Crippen LogP contribution in [0.3, 0.4) is 0 Å². The summed E-state index contributed by atoms with van der Waals surface area (Å²) in [5, 5.41) is 2.88. The van der Waals surface area contributed by atoms with E-state index in [1.807, 2.05) is 38.1 Å². The normalized spacial score (nSPS) is 13.2. The van der Waals surface area contributed by atoms with Crippen molar-refractivity contribution in [3.63, 3.8) is 0 Å². The van der Waals surface area contributed by atoms with E-state index in [0.717, 1.165) is 28.3 Å². The van der Waals surface area contributed by atoms with E-state index in [9.17, 15) is 18.0 Å². The first-order valence-electron chi connectivity index (χ1n) is 12.2. The van der Waals surface area contributed by atoms with E-state index in [1.165, 1.54) is 11.8 Å². The third-order valence-electron chi connectivity index (χ3n) is 6.22. The molecule has 196 valence electrons. The monoisotopic (exact) mass is 517 g/mol. The number of rotatable bonds is 12. The summed E-state index contributed by atoms with van der Waals surface area (Å²) < 4.78 is 37.9. The lowest BCUT2D eigenvalue weighted by Gasteiger charge is -2.32. The Labute approximate surface area is 213 Å². The smallest absolute Gasteiger partial charge is 0.244 e. The number of anilines is 1. The molecule has 9 nitrogen and oxygen atoms in total. The van der Waals surface area contributed by atoms with Gasteiger partial charge in [-0.15, -0.1) is 0 Å². The van der Waals surface area contributed by atoms with Crippen LogP contribution in [-0.2, 0) is 26.2 Å². The summed E-state index contributed by atoms with van der Waals surface area (Å²) in [6.45, 7) is 7.44. The number of fused-ring (bicyclic) bond motifs is 1. The topological polar surface area (TPSA) is 105 Å². The van der Waals surface area contributed by atoms with Gasteiger partial charge in [0.05, 0.1) is 11.4 Å². The van der Waals surface area contributed by atoms with Crippen LogP contribution in [0.1, 0.15) is 44.7 Å². The van der Waals surface area contributed by atoms with Gasteiger partial charge in [-0.05, 0) is 50.5 Å². The number of benzene rings is 2. The van der Waals surface area contributed by atoms with Crippen LogP contribution in [0.5, 0.6) is 11.5 Å². The number of aryl methyl sites for hydroxylation is 1. The van der Waals surface area contributed by atoms with E-state index in [1.54, 1.807) is 25.1 Å². The molecule has 0 aliphatic carbocycles. The number of carbonyl (C=O) groups excluding carboxylic acids is 2. The van der Waals surface area contributed by atoms with Crippen LogP contribution >= 0.6 is 0 Å². The molecule has 0 aromatic heterocycles. The summed E-state index contributed by atoms with van der Waals surface area (Å²) in [7, 11) is -3.81. The number of amides is 2. The van der Waals surface area contributed by atoms with Gasteiger partial charge in [0.25, 0.3) is 0 Å². The highest BCUT2D eigenvalue weighted by molar-refractivity contribution is 7.92. The molecule has 1 aliphatic rings. The summed E-state index contributed by atoms with van der Waals surface area (Å²) >= 11 is 0. The van der Waals surface area contributed by atoms with Gasteiger partial charge < -0.3 is 19.7 Å². The molecular weight excluding hydrogens is 482 g/mol. The number of carbonyl (C=O) groups is 2. The standard InChI is InChI=1S/C26H35N3O6S/c1-5-7-14-27-26(31)20(4)28(16-21-11-9-8-10-19(21)3)25(30)17-29(36(32,33)6-2)22-12-13-23-24(15-22)35-18-34-23/h8-13,15,20H,5-7,14,16-18H2,1-4H3,(H,27,31). The van der Waals surface area contributed by atoms with Gasteiger partial charge in [-0.2, -0.15) is 0 Å². The van der Waals surface area contributed by atoms with E-state index < -0.39 is 28.5 Å². The van der Waals surface area contributed by atoms with Gasteiger partial charge in [0.1, 0.15) is 12.6 Å². The first-order valence-corrected chi connectivity index (χ1v) is 13.8.